The van der Waals surface area contributed by atoms with Gasteiger partial charge in [-0.2, -0.15) is 0 Å². The van der Waals surface area contributed by atoms with Gasteiger partial charge in [-0.25, -0.2) is 0 Å². The molecule has 0 spiro atoms. The van der Waals surface area contributed by atoms with Crippen LogP contribution in [0.3, 0.4) is 0 Å². The highest BCUT2D eigenvalue weighted by atomic mass is 16.5. The second-order valence-corrected chi connectivity index (χ2v) is 29.4. The fourth-order valence-electron chi connectivity index (χ4n) is 13.2. The van der Waals surface area contributed by atoms with Gasteiger partial charge in [-0.3, -0.25) is 19.2 Å². The van der Waals surface area contributed by atoms with Crippen molar-refractivity contribution >= 4 is 46.1 Å². The van der Waals surface area contributed by atoms with Gasteiger partial charge >= 0.3 is 0 Å². The Morgan fingerprint density at radius 3 is 0.602 bits per heavy atom. The van der Waals surface area contributed by atoms with Crippen LogP contribution >= 0.6 is 0 Å². The number of nitrogen functional groups attached to an aromatic ring is 2. The Labute approximate surface area is 658 Å². The number of anilines is 4. The molecule has 0 saturated carbocycles. The summed E-state index contributed by atoms with van der Waals surface area (Å²) >= 11 is 0. The number of carbonyl (C=O) groups is 4. The average Bonchev–Trinajstić information content (AvgIpc) is 0.808. The number of Topliss-reactive ketones (excluding diaryl/α,β-unsaturated/α-hetero) is 2. The van der Waals surface area contributed by atoms with Gasteiger partial charge in [0.25, 0.3) is 11.8 Å². The van der Waals surface area contributed by atoms with Crippen molar-refractivity contribution < 1.29 is 47.6 Å². The number of nitrogens with one attached hydrogen (secondary N) is 2. The smallest absolute Gasteiger partial charge is 0.255 e. The Hall–Kier alpha value is -14.2. The summed E-state index contributed by atoms with van der Waals surface area (Å²) in [6.45, 7) is 13.1. The number of ketones is 2. The number of hydrogen-bond acceptors (Lipinski definition) is 12. The van der Waals surface area contributed by atoms with E-state index in [0.717, 1.165) is 67.5 Å². The summed E-state index contributed by atoms with van der Waals surface area (Å²) in [5.74, 6) is 7.40. The van der Waals surface area contributed by atoms with Crippen LogP contribution in [0, 0.1) is 0 Å². The minimum absolute atomic E-state index is 0.0726. The van der Waals surface area contributed by atoms with Crippen LogP contribution in [-0.2, 0) is 29.1 Å². The third-order valence-corrected chi connectivity index (χ3v) is 20.4. The first-order chi connectivity index (χ1) is 54.6. The summed E-state index contributed by atoms with van der Waals surface area (Å²) in [5, 5.41) is 5.88. The maximum Gasteiger partial charge on any atom is 0.255 e. The van der Waals surface area contributed by atoms with Crippen LogP contribution in [0.4, 0.5) is 22.7 Å². The molecule has 0 aliphatic carbocycles. The molecule has 14 aromatic carbocycles. The molecule has 0 unspecified atom stereocenters. The molecule has 2 amide bonds. The molecule has 14 aromatic rings. The Bertz CT molecular complexity index is 5270. The standard InChI is InChI=1S/C99H84N4O10/c1-97(2,73-23-47-85(48-24-73)110-89-55-31-77(100)32-56-89)71-19-43-83(44-20-71)108-81-39-7-65(8-40-81)63-93(104)67-11-15-69(16-12-67)95(106)102-79-35-59-91(60-36-79)112-87-51-27-75(28-52-87)99(5,6)76-29-53-88(54-30-76)113-92-61-37-80(38-62-92)103-96(107)70-17-13-68(14-18-70)94(105)64-66-9-41-82(42-10-66)109-84-45-21-72(22-46-84)98(3,4)74-25-49-86(50-26-74)111-90-57-33-78(101)34-58-90/h7-62H,63-64,100-101H2,1-6H3,(H,102,106)(H,103,107). The van der Waals surface area contributed by atoms with E-state index >= 15 is 0 Å². The lowest BCUT2D eigenvalue weighted by Crippen LogP contribution is -2.18. The number of benzene rings is 14. The Balaban J connectivity index is 0.485. The zero-order valence-corrected chi connectivity index (χ0v) is 63.5. The van der Waals surface area contributed by atoms with Crippen molar-refractivity contribution in [1.29, 1.82) is 0 Å². The molecule has 0 bridgehead atoms. The second-order valence-electron chi connectivity index (χ2n) is 29.4. The van der Waals surface area contributed by atoms with Crippen molar-refractivity contribution in [1.82, 2.24) is 0 Å². The maximum absolute atomic E-state index is 13.4. The van der Waals surface area contributed by atoms with Gasteiger partial charge in [0.2, 0.25) is 0 Å². The van der Waals surface area contributed by atoms with Crippen molar-refractivity contribution in [2.24, 2.45) is 0 Å². The molecule has 14 heteroatoms. The molecule has 14 rings (SSSR count). The Morgan fingerprint density at radius 1 is 0.230 bits per heavy atom. The molecule has 0 aromatic heterocycles. The largest absolute Gasteiger partial charge is 0.457 e. The Kier molecular flexibility index (Phi) is 22.3. The lowest BCUT2D eigenvalue weighted by atomic mass is 9.78. The maximum atomic E-state index is 13.4. The second kappa shape index (κ2) is 33.3. The molecule has 0 heterocycles. The van der Waals surface area contributed by atoms with E-state index in [4.69, 9.17) is 39.9 Å². The van der Waals surface area contributed by atoms with Crippen LogP contribution in [0.25, 0.3) is 0 Å². The van der Waals surface area contributed by atoms with E-state index in [9.17, 15) is 19.2 Å². The molecule has 0 atom stereocenters. The summed E-state index contributed by atoms with van der Waals surface area (Å²) in [6.07, 6.45) is 0.375. The molecule has 6 N–H and O–H groups in total. The van der Waals surface area contributed by atoms with Crippen molar-refractivity contribution in [2.45, 2.75) is 70.6 Å². The third-order valence-electron chi connectivity index (χ3n) is 20.4. The quantitative estimate of drug-likeness (QED) is 0.0268. The van der Waals surface area contributed by atoms with Crippen molar-refractivity contribution in [3.8, 4) is 69.0 Å². The van der Waals surface area contributed by atoms with Gasteiger partial charge in [0.15, 0.2) is 11.6 Å². The molecule has 14 nitrogen and oxygen atoms in total. The molecule has 560 valence electrons. The van der Waals surface area contributed by atoms with E-state index in [2.05, 4.69) is 125 Å². The minimum atomic E-state index is -0.358. The van der Waals surface area contributed by atoms with E-state index in [-0.39, 0.29) is 52.5 Å². The number of rotatable bonds is 28. The monoisotopic (exact) mass is 1490 g/mol. The fourth-order valence-corrected chi connectivity index (χ4v) is 13.2. The first-order valence-electron chi connectivity index (χ1n) is 37.3. The highest BCUT2D eigenvalue weighted by Gasteiger charge is 2.27. The number of amides is 2. The number of ether oxygens (including phenoxy) is 6. The van der Waals surface area contributed by atoms with Gasteiger partial charge in [-0.1, -0.05) is 163 Å². The highest BCUT2D eigenvalue weighted by molar-refractivity contribution is 6.06. The van der Waals surface area contributed by atoms with Gasteiger partial charge in [0, 0.05) is 74.1 Å². The van der Waals surface area contributed by atoms with Crippen molar-refractivity contribution in [2.75, 3.05) is 22.1 Å². The topological polar surface area (TPSA) is 200 Å². The van der Waals surface area contributed by atoms with Gasteiger partial charge in [-0.15, -0.1) is 0 Å². The Morgan fingerprint density at radius 2 is 0.398 bits per heavy atom. The van der Waals surface area contributed by atoms with E-state index in [1.165, 1.54) is 0 Å². The molecule has 113 heavy (non-hydrogen) atoms. The van der Waals surface area contributed by atoms with Crippen LogP contribution in [0.15, 0.2) is 340 Å². The molecular weight excluding hydrogens is 1410 g/mol. The summed E-state index contributed by atoms with van der Waals surface area (Å²) < 4.78 is 36.8. The molecule has 0 aliphatic rings. The van der Waals surface area contributed by atoms with E-state index in [0.29, 0.717) is 91.0 Å². The van der Waals surface area contributed by atoms with E-state index < -0.39 is 0 Å². The molecule has 0 saturated heterocycles. The number of hydrogen-bond donors (Lipinski definition) is 4. The van der Waals surface area contributed by atoms with Gasteiger partial charge < -0.3 is 50.5 Å². The molecule has 0 aliphatic heterocycles. The van der Waals surface area contributed by atoms with Crippen LogP contribution < -0.4 is 50.5 Å². The predicted octanol–water partition coefficient (Wildman–Crippen LogP) is 23.9. The summed E-state index contributed by atoms with van der Waals surface area (Å²) in [4.78, 5) is 53.5. The summed E-state index contributed by atoms with van der Waals surface area (Å²) in [6, 6.07) is 106. The van der Waals surface area contributed by atoms with Gasteiger partial charge in [-0.05, 0) is 263 Å². The zero-order chi connectivity index (χ0) is 78.6. The third kappa shape index (κ3) is 18.9. The molecule has 0 radical (unpaired) electrons. The normalized spacial score (nSPS) is 11.4. The van der Waals surface area contributed by atoms with Gasteiger partial charge in [0.05, 0.1) is 0 Å². The van der Waals surface area contributed by atoms with Crippen molar-refractivity contribution in [3.05, 3.63) is 406 Å². The lowest BCUT2D eigenvalue weighted by Gasteiger charge is -2.26. The van der Waals surface area contributed by atoms with Crippen LogP contribution in [0.5, 0.6) is 69.0 Å². The number of nitrogens with two attached hydrogens (primary N) is 2. The average molecular weight is 1490 g/mol. The van der Waals surface area contributed by atoms with Crippen molar-refractivity contribution in [3.63, 3.8) is 0 Å². The predicted molar refractivity (Wildman–Crippen MR) is 448 cm³/mol. The summed E-state index contributed by atoms with van der Waals surface area (Å²) in [7, 11) is 0. The van der Waals surface area contributed by atoms with E-state index in [1.54, 1.807) is 97.1 Å². The van der Waals surface area contributed by atoms with Gasteiger partial charge in [0.1, 0.15) is 69.0 Å². The lowest BCUT2D eigenvalue weighted by molar-refractivity contribution is 0.0984. The first kappa shape index (κ1) is 75.6. The highest BCUT2D eigenvalue weighted by Crippen LogP contribution is 2.40. The summed E-state index contributed by atoms with van der Waals surface area (Å²) in [5.41, 5.74) is 23.5. The SMILES string of the molecule is CC(C)(c1ccc(Oc2ccc(N)cc2)cc1)c1ccc(Oc2ccc(CC(=O)c3ccc(C(=O)Nc4ccc(Oc5ccc(C(C)(C)c6ccc(Oc7ccc(NC(=O)c8ccc(C(=O)Cc9ccc(Oc%10ccc(C(C)(C)c%11ccc(Oc%12ccc(N)cc%12)cc%11)cc%10)cc9)cc8)cc7)cc6)cc5)cc4)cc3)cc2)cc1. The van der Waals surface area contributed by atoms with Crippen LogP contribution in [0.1, 0.15) is 127 Å². The molecular formula is C99H84N4O10. The van der Waals surface area contributed by atoms with E-state index in [1.807, 2.05) is 170 Å². The van der Waals surface area contributed by atoms with Crippen LogP contribution in [0.2, 0.25) is 0 Å². The number of carbonyl (C=O) groups excluding carboxylic acids is 4. The minimum Gasteiger partial charge on any atom is -0.457 e. The zero-order valence-electron chi connectivity index (χ0n) is 63.5. The van der Waals surface area contributed by atoms with Crippen LogP contribution in [-0.4, -0.2) is 23.4 Å². The fraction of sp³-hybridized carbons (Fsp3) is 0.111. The first-order valence-corrected chi connectivity index (χ1v) is 37.3. The molecule has 0 fully saturated rings.